The van der Waals surface area contributed by atoms with E-state index in [4.69, 9.17) is 5.11 Å². The Kier molecular flexibility index (Phi) is 1.86. The number of hydrogen-bond acceptors (Lipinski definition) is 1. The maximum absolute atomic E-state index is 12.6. The third-order valence-corrected chi connectivity index (χ3v) is 2.20. The van der Waals surface area contributed by atoms with E-state index in [-0.39, 0.29) is 0 Å². The number of rotatable bonds is 3. The summed E-state index contributed by atoms with van der Waals surface area (Å²) in [5.74, 6) is -5.46. The van der Waals surface area contributed by atoms with Crippen LogP contribution in [0.25, 0.3) is 0 Å². The fourth-order valence-electron chi connectivity index (χ4n) is 1.48. The fraction of sp³-hybridized carbons (Fsp3) is 0.857. The predicted molar refractivity (Wildman–Crippen MR) is 34.5 cm³/mol. The van der Waals surface area contributed by atoms with Crippen LogP contribution in [0.3, 0.4) is 0 Å². The molecule has 1 fully saturated rings. The van der Waals surface area contributed by atoms with Gasteiger partial charge in [0.15, 0.2) is 0 Å². The Hall–Kier alpha value is -0.670. The first kappa shape index (κ1) is 8.43. The van der Waals surface area contributed by atoms with Crippen LogP contribution in [-0.2, 0) is 4.79 Å². The Morgan fingerprint density at radius 3 is 2.36 bits per heavy atom. The van der Waals surface area contributed by atoms with E-state index in [0.717, 1.165) is 0 Å². The molecule has 0 saturated heterocycles. The van der Waals surface area contributed by atoms with Crippen molar-refractivity contribution in [2.45, 2.75) is 25.7 Å². The number of carboxylic acids is 1. The van der Waals surface area contributed by atoms with Crippen LogP contribution in [0.1, 0.15) is 19.8 Å². The number of carbonyl (C=O) groups is 1. The normalized spacial score (nSPS) is 33.4. The lowest BCUT2D eigenvalue weighted by atomic mass is 10.2. The molecule has 2 atom stereocenters. The monoisotopic (exact) mass is 164 g/mol. The van der Waals surface area contributed by atoms with Gasteiger partial charge in [-0.25, -0.2) is 8.78 Å². The largest absolute Gasteiger partial charge is 0.481 e. The highest BCUT2D eigenvalue weighted by molar-refractivity contribution is 5.68. The molecule has 1 aliphatic rings. The van der Waals surface area contributed by atoms with Gasteiger partial charge in [-0.2, -0.15) is 0 Å². The first-order chi connectivity index (χ1) is 5.00. The lowest BCUT2D eigenvalue weighted by Gasteiger charge is -1.90. The Morgan fingerprint density at radius 1 is 1.55 bits per heavy atom. The minimum absolute atomic E-state index is 0.366. The van der Waals surface area contributed by atoms with E-state index in [1.165, 1.54) is 0 Å². The average molecular weight is 164 g/mol. The van der Waals surface area contributed by atoms with Crippen LogP contribution in [0.5, 0.6) is 0 Å². The molecular formula is C7H10F2O2. The van der Waals surface area contributed by atoms with Gasteiger partial charge in [-0.05, 0) is 6.42 Å². The average Bonchev–Trinajstić information content (AvgIpc) is 2.33. The standard InChI is InChI=1S/C7H10F2O2/c1-2-4-5(3-6(10)11)7(4,8)9/h4-5H,2-3H2,1H3,(H,10,11). The van der Waals surface area contributed by atoms with Crippen LogP contribution >= 0.6 is 0 Å². The van der Waals surface area contributed by atoms with Crippen molar-refractivity contribution < 1.29 is 18.7 Å². The molecule has 1 aliphatic carbocycles. The van der Waals surface area contributed by atoms with Gasteiger partial charge in [0.05, 0.1) is 6.42 Å². The summed E-state index contributed by atoms with van der Waals surface area (Å²) in [4.78, 5) is 10.1. The minimum Gasteiger partial charge on any atom is -0.481 e. The molecule has 2 unspecified atom stereocenters. The van der Waals surface area contributed by atoms with E-state index in [1.807, 2.05) is 0 Å². The van der Waals surface area contributed by atoms with Gasteiger partial charge in [-0.15, -0.1) is 0 Å². The van der Waals surface area contributed by atoms with Gasteiger partial charge < -0.3 is 5.11 Å². The quantitative estimate of drug-likeness (QED) is 0.689. The molecular weight excluding hydrogens is 154 g/mol. The second kappa shape index (κ2) is 2.43. The molecule has 0 radical (unpaired) electrons. The summed E-state index contributed by atoms with van der Waals surface area (Å²) < 4.78 is 25.1. The number of carboxylic acid groups (broad SMARTS) is 1. The van der Waals surface area contributed by atoms with E-state index in [9.17, 15) is 13.6 Å². The van der Waals surface area contributed by atoms with Crippen molar-refractivity contribution in [1.29, 1.82) is 0 Å². The molecule has 2 nitrogen and oxygen atoms in total. The summed E-state index contributed by atoms with van der Waals surface area (Å²) in [7, 11) is 0. The van der Waals surface area contributed by atoms with Gasteiger partial charge in [0.2, 0.25) is 0 Å². The van der Waals surface area contributed by atoms with E-state index < -0.39 is 30.1 Å². The van der Waals surface area contributed by atoms with Crippen molar-refractivity contribution in [2.24, 2.45) is 11.8 Å². The van der Waals surface area contributed by atoms with Gasteiger partial charge in [0, 0.05) is 11.8 Å². The Labute approximate surface area is 63.2 Å². The predicted octanol–water partition coefficient (Wildman–Crippen LogP) is 1.75. The zero-order valence-electron chi connectivity index (χ0n) is 6.18. The third-order valence-electron chi connectivity index (χ3n) is 2.20. The molecule has 0 aromatic rings. The lowest BCUT2D eigenvalue weighted by molar-refractivity contribution is -0.138. The molecule has 1 saturated carbocycles. The van der Waals surface area contributed by atoms with E-state index >= 15 is 0 Å². The van der Waals surface area contributed by atoms with E-state index in [2.05, 4.69) is 0 Å². The number of alkyl halides is 2. The SMILES string of the molecule is CCC1C(CC(=O)O)C1(F)F. The summed E-state index contributed by atoms with van der Waals surface area (Å²) in [5.41, 5.74) is 0. The minimum atomic E-state index is -2.72. The molecule has 1 rings (SSSR count). The third kappa shape index (κ3) is 1.34. The molecule has 0 spiro atoms. The maximum Gasteiger partial charge on any atom is 0.303 e. The summed E-state index contributed by atoms with van der Waals surface area (Å²) in [6.45, 7) is 1.65. The first-order valence-electron chi connectivity index (χ1n) is 3.59. The smallest absolute Gasteiger partial charge is 0.303 e. The maximum atomic E-state index is 12.6. The molecule has 0 aromatic heterocycles. The lowest BCUT2D eigenvalue weighted by Crippen LogP contribution is -2.01. The molecule has 0 aliphatic heterocycles. The summed E-state index contributed by atoms with van der Waals surface area (Å²) in [5, 5.41) is 8.24. The topological polar surface area (TPSA) is 37.3 Å². The number of hydrogen-bond donors (Lipinski definition) is 1. The van der Waals surface area contributed by atoms with Crippen molar-refractivity contribution in [2.75, 3.05) is 0 Å². The number of aliphatic carboxylic acids is 1. The molecule has 0 heterocycles. The molecule has 0 aromatic carbocycles. The van der Waals surface area contributed by atoms with Gasteiger partial charge >= 0.3 is 5.97 Å². The molecule has 64 valence electrons. The van der Waals surface area contributed by atoms with Gasteiger partial charge in [0.25, 0.3) is 5.92 Å². The molecule has 4 heteroatoms. The highest BCUT2D eigenvalue weighted by Gasteiger charge is 2.67. The van der Waals surface area contributed by atoms with E-state index in [0.29, 0.717) is 6.42 Å². The summed E-state index contributed by atoms with van der Waals surface area (Å²) >= 11 is 0. The number of halogens is 2. The van der Waals surface area contributed by atoms with Crippen molar-refractivity contribution in [1.82, 2.24) is 0 Å². The van der Waals surface area contributed by atoms with Gasteiger partial charge in [-0.3, -0.25) is 4.79 Å². The van der Waals surface area contributed by atoms with Crippen LogP contribution in [-0.4, -0.2) is 17.0 Å². The van der Waals surface area contributed by atoms with Crippen molar-refractivity contribution >= 4 is 5.97 Å². The van der Waals surface area contributed by atoms with Gasteiger partial charge in [-0.1, -0.05) is 6.92 Å². The van der Waals surface area contributed by atoms with Crippen molar-refractivity contribution in [3.05, 3.63) is 0 Å². The highest BCUT2D eigenvalue weighted by Crippen LogP contribution is 2.58. The van der Waals surface area contributed by atoms with Crippen LogP contribution in [0.4, 0.5) is 8.78 Å². The first-order valence-corrected chi connectivity index (χ1v) is 3.59. The van der Waals surface area contributed by atoms with Crippen LogP contribution < -0.4 is 0 Å². The zero-order valence-corrected chi connectivity index (χ0v) is 6.18. The molecule has 0 amide bonds. The van der Waals surface area contributed by atoms with Gasteiger partial charge in [0.1, 0.15) is 0 Å². The Bertz CT molecular complexity index is 179. The second-order valence-corrected chi connectivity index (χ2v) is 2.89. The fourth-order valence-corrected chi connectivity index (χ4v) is 1.48. The zero-order chi connectivity index (χ0) is 8.65. The molecule has 11 heavy (non-hydrogen) atoms. The van der Waals surface area contributed by atoms with Crippen LogP contribution in [0.15, 0.2) is 0 Å². The van der Waals surface area contributed by atoms with Crippen molar-refractivity contribution in [3.8, 4) is 0 Å². The second-order valence-electron chi connectivity index (χ2n) is 2.89. The molecule has 0 bridgehead atoms. The summed E-state index contributed by atoms with van der Waals surface area (Å²) in [6, 6.07) is 0. The Morgan fingerprint density at radius 2 is 2.09 bits per heavy atom. The highest BCUT2D eigenvalue weighted by atomic mass is 19.3. The van der Waals surface area contributed by atoms with Crippen LogP contribution in [0, 0.1) is 11.8 Å². The summed E-state index contributed by atoms with van der Waals surface area (Å²) in [6.07, 6.45) is -0.0313. The van der Waals surface area contributed by atoms with Crippen LogP contribution in [0.2, 0.25) is 0 Å². The Balaban J connectivity index is 2.46. The van der Waals surface area contributed by atoms with Crippen molar-refractivity contribution in [3.63, 3.8) is 0 Å². The molecule has 1 N–H and O–H groups in total. The van der Waals surface area contributed by atoms with E-state index in [1.54, 1.807) is 6.92 Å².